The molecule has 1 aliphatic rings. The van der Waals surface area contributed by atoms with E-state index in [1.54, 1.807) is 0 Å². The van der Waals surface area contributed by atoms with Gasteiger partial charge in [0.1, 0.15) is 12.4 Å². The SMILES string of the molecule is O=C(Cn1c(/C=C/c2ccc(Cl)cc2)nc2ccccc21)N1CCCc2ccccc21. The van der Waals surface area contributed by atoms with Crippen LogP contribution in [0.15, 0.2) is 72.8 Å². The summed E-state index contributed by atoms with van der Waals surface area (Å²) in [6.45, 7) is 0.994. The zero-order valence-corrected chi connectivity index (χ0v) is 17.8. The number of anilines is 1. The molecule has 1 aromatic heterocycles. The molecule has 31 heavy (non-hydrogen) atoms. The van der Waals surface area contributed by atoms with Gasteiger partial charge in [-0.2, -0.15) is 0 Å². The van der Waals surface area contributed by atoms with E-state index < -0.39 is 0 Å². The molecule has 3 aromatic carbocycles. The van der Waals surface area contributed by atoms with Crippen LogP contribution in [0.5, 0.6) is 0 Å². The number of aromatic nitrogens is 2. The Morgan fingerprint density at radius 3 is 2.61 bits per heavy atom. The highest BCUT2D eigenvalue weighted by Crippen LogP contribution is 2.27. The Bertz CT molecular complexity index is 1270. The van der Waals surface area contributed by atoms with Crippen molar-refractivity contribution < 1.29 is 4.79 Å². The molecule has 154 valence electrons. The van der Waals surface area contributed by atoms with Gasteiger partial charge in [-0.25, -0.2) is 4.98 Å². The summed E-state index contributed by atoms with van der Waals surface area (Å²) in [7, 11) is 0. The van der Waals surface area contributed by atoms with Crippen LogP contribution in [0.2, 0.25) is 5.02 Å². The van der Waals surface area contributed by atoms with Crippen LogP contribution in [0.25, 0.3) is 23.2 Å². The van der Waals surface area contributed by atoms with Crippen LogP contribution >= 0.6 is 11.6 Å². The van der Waals surface area contributed by atoms with Gasteiger partial charge in [0.05, 0.1) is 11.0 Å². The molecule has 1 aliphatic heterocycles. The third-order valence-electron chi connectivity index (χ3n) is 5.68. The molecule has 5 heteroatoms. The first-order valence-corrected chi connectivity index (χ1v) is 10.8. The molecule has 5 rings (SSSR count). The largest absolute Gasteiger partial charge is 0.315 e. The van der Waals surface area contributed by atoms with Gasteiger partial charge < -0.3 is 9.47 Å². The smallest absolute Gasteiger partial charge is 0.247 e. The molecule has 0 fully saturated rings. The van der Waals surface area contributed by atoms with E-state index in [9.17, 15) is 4.79 Å². The number of hydrogen-bond donors (Lipinski definition) is 0. The van der Waals surface area contributed by atoms with Crippen LogP contribution in [-0.4, -0.2) is 22.0 Å². The predicted molar refractivity (Wildman–Crippen MR) is 127 cm³/mol. The molecule has 0 aliphatic carbocycles. The molecule has 0 radical (unpaired) electrons. The summed E-state index contributed by atoms with van der Waals surface area (Å²) in [6.07, 6.45) is 5.95. The van der Waals surface area contributed by atoms with Crippen molar-refractivity contribution in [3.8, 4) is 0 Å². The number of halogens is 1. The lowest BCUT2D eigenvalue weighted by molar-refractivity contribution is -0.119. The Hall–Kier alpha value is -3.37. The number of amides is 1. The Morgan fingerprint density at radius 1 is 0.968 bits per heavy atom. The van der Waals surface area contributed by atoms with Crippen molar-refractivity contribution in [2.45, 2.75) is 19.4 Å². The van der Waals surface area contributed by atoms with Crippen LogP contribution in [0.3, 0.4) is 0 Å². The number of carbonyl (C=O) groups excluding carboxylic acids is 1. The van der Waals surface area contributed by atoms with Crippen molar-refractivity contribution in [3.05, 3.63) is 94.8 Å². The number of carbonyl (C=O) groups is 1. The van der Waals surface area contributed by atoms with Crippen molar-refractivity contribution in [2.24, 2.45) is 0 Å². The first-order chi connectivity index (χ1) is 15.2. The Morgan fingerprint density at radius 2 is 1.74 bits per heavy atom. The van der Waals surface area contributed by atoms with Gasteiger partial charge >= 0.3 is 0 Å². The third kappa shape index (κ3) is 3.99. The summed E-state index contributed by atoms with van der Waals surface area (Å²) >= 11 is 5.99. The van der Waals surface area contributed by atoms with Gasteiger partial charge in [0.2, 0.25) is 5.91 Å². The third-order valence-corrected chi connectivity index (χ3v) is 5.94. The number of imidazole rings is 1. The number of nitrogens with zero attached hydrogens (tertiary/aromatic N) is 3. The maximum Gasteiger partial charge on any atom is 0.247 e. The van der Waals surface area contributed by atoms with Gasteiger partial charge in [-0.3, -0.25) is 4.79 Å². The zero-order valence-electron chi connectivity index (χ0n) is 17.0. The summed E-state index contributed by atoms with van der Waals surface area (Å²) in [5.74, 6) is 0.839. The van der Waals surface area contributed by atoms with Gasteiger partial charge in [-0.05, 0) is 60.4 Å². The molecule has 4 nitrogen and oxygen atoms in total. The fourth-order valence-corrected chi connectivity index (χ4v) is 4.27. The van der Waals surface area contributed by atoms with E-state index >= 15 is 0 Å². The number of aryl methyl sites for hydroxylation is 1. The Kier molecular flexibility index (Phi) is 5.31. The van der Waals surface area contributed by atoms with Crippen molar-refractivity contribution >= 4 is 46.4 Å². The lowest BCUT2D eigenvalue weighted by Gasteiger charge is -2.29. The molecule has 4 aromatic rings. The van der Waals surface area contributed by atoms with Crippen LogP contribution in [0.1, 0.15) is 23.4 Å². The maximum atomic E-state index is 13.4. The number of para-hydroxylation sites is 3. The van der Waals surface area contributed by atoms with E-state index in [2.05, 4.69) is 6.07 Å². The molecule has 0 saturated heterocycles. The molecule has 1 amide bonds. The van der Waals surface area contributed by atoms with Gasteiger partial charge in [0.25, 0.3) is 0 Å². The van der Waals surface area contributed by atoms with Crippen molar-refractivity contribution in [1.82, 2.24) is 9.55 Å². The topological polar surface area (TPSA) is 38.1 Å². The normalized spacial score (nSPS) is 13.6. The lowest BCUT2D eigenvalue weighted by Crippen LogP contribution is -2.37. The second-order valence-corrected chi connectivity index (χ2v) is 8.14. The minimum absolute atomic E-state index is 0.0800. The molecule has 2 heterocycles. The molecule has 0 saturated carbocycles. The number of rotatable bonds is 4. The maximum absolute atomic E-state index is 13.4. The lowest BCUT2D eigenvalue weighted by atomic mass is 10.0. The average Bonchev–Trinajstić information content (AvgIpc) is 3.15. The molecule has 0 spiro atoms. The number of hydrogen-bond acceptors (Lipinski definition) is 2. The van der Waals surface area contributed by atoms with Crippen molar-refractivity contribution in [1.29, 1.82) is 0 Å². The Labute approximate surface area is 186 Å². The van der Waals surface area contributed by atoms with E-state index in [-0.39, 0.29) is 12.5 Å². The number of benzene rings is 3. The van der Waals surface area contributed by atoms with Crippen LogP contribution in [0, 0.1) is 0 Å². The molecule has 0 atom stereocenters. The summed E-state index contributed by atoms with van der Waals surface area (Å²) in [6, 6.07) is 23.8. The first kappa shape index (κ1) is 19.6. The molecule has 0 N–H and O–H groups in total. The van der Waals surface area contributed by atoms with Gasteiger partial charge in [-0.1, -0.05) is 60.1 Å². The summed E-state index contributed by atoms with van der Waals surface area (Å²) in [5.41, 5.74) is 5.13. The monoisotopic (exact) mass is 427 g/mol. The van der Waals surface area contributed by atoms with Crippen LogP contribution < -0.4 is 4.90 Å². The number of fused-ring (bicyclic) bond motifs is 2. The minimum Gasteiger partial charge on any atom is -0.315 e. The second-order valence-electron chi connectivity index (χ2n) is 7.71. The molecule has 0 unspecified atom stereocenters. The van der Waals surface area contributed by atoms with Crippen molar-refractivity contribution in [3.63, 3.8) is 0 Å². The molecule has 0 bridgehead atoms. The Balaban J connectivity index is 1.49. The highest BCUT2D eigenvalue weighted by molar-refractivity contribution is 6.30. The fourth-order valence-electron chi connectivity index (χ4n) is 4.15. The molecular formula is C26H22ClN3O. The van der Waals surface area contributed by atoms with E-state index in [0.717, 1.165) is 47.5 Å². The van der Waals surface area contributed by atoms with E-state index in [1.807, 2.05) is 88.3 Å². The summed E-state index contributed by atoms with van der Waals surface area (Å²) in [5, 5.41) is 0.705. The first-order valence-electron chi connectivity index (χ1n) is 10.5. The minimum atomic E-state index is 0.0800. The summed E-state index contributed by atoms with van der Waals surface area (Å²) < 4.78 is 2.00. The van der Waals surface area contributed by atoms with E-state index in [0.29, 0.717) is 5.02 Å². The highest BCUT2D eigenvalue weighted by Gasteiger charge is 2.23. The van der Waals surface area contributed by atoms with Crippen molar-refractivity contribution in [2.75, 3.05) is 11.4 Å². The standard InChI is InChI=1S/C26H22ClN3O/c27-21-14-11-19(12-15-21)13-16-25-28-22-8-2-4-10-24(22)30(25)18-26(31)29-17-5-7-20-6-1-3-9-23(20)29/h1-4,6,8-16H,5,7,17-18H2/b16-13+. The fraction of sp³-hybridized carbons (Fsp3) is 0.154. The van der Waals surface area contributed by atoms with Gasteiger partial charge in [0, 0.05) is 17.3 Å². The zero-order chi connectivity index (χ0) is 21.2. The predicted octanol–water partition coefficient (Wildman–Crippen LogP) is 5.84. The molecular weight excluding hydrogens is 406 g/mol. The van der Waals surface area contributed by atoms with Gasteiger partial charge in [0.15, 0.2) is 0 Å². The second kappa shape index (κ2) is 8.40. The van der Waals surface area contributed by atoms with Crippen LogP contribution in [0.4, 0.5) is 5.69 Å². The van der Waals surface area contributed by atoms with E-state index in [1.165, 1.54) is 5.56 Å². The average molecular weight is 428 g/mol. The van der Waals surface area contributed by atoms with Gasteiger partial charge in [-0.15, -0.1) is 0 Å². The van der Waals surface area contributed by atoms with E-state index in [4.69, 9.17) is 16.6 Å². The summed E-state index contributed by atoms with van der Waals surface area (Å²) in [4.78, 5) is 20.1. The van der Waals surface area contributed by atoms with Crippen LogP contribution in [-0.2, 0) is 17.8 Å². The quantitative estimate of drug-likeness (QED) is 0.410. The highest BCUT2D eigenvalue weighted by atomic mass is 35.5.